The maximum absolute atomic E-state index is 11.0. The molecule has 0 bridgehead atoms. The van der Waals surface area contributed by atoms with Crippen LogP contribution in [0.3, 0.4) is 0 Å². The topological polar surface area (TPSA) is 87.2 Å². The van der Waals surface area contributed by atoms with Gasteiger partial charge in [0.2, 0.25) is 0 Å². The number of aromatic hydroxyl groups is 1. The van der Waals surface area contributed by atoms with Crippen LogP contribution in [-0.2, 0) is 0 Å². The Bertz CT molecular complexity index is 756. The fourth-order valence-corrected chi connectivity index (χ4v) is 1.89. The Hall–Kier alpha value is -3.13. The molecule has 0 atom stereocenters. The van der Waals surface area contributed by atoms with Gasteiger partial charge in [0.25, 0.3) is 5.69 Å². The molecule has 0 aliphatic rings. The third-order valence-corrected chi connectivity index (χ3v) is 2.99. The highest BCUT2D eigenvalue weighted by Gasteiger charge is 2.13. The number of nitro groups is 1. The van der Waals surface area contributed by atoms with Crippen molar-refractivity contribution >= 4 is 17.3 Å². The molecule has 5 nitrogen and oxygen atoms in total. The van der Waals surface area contributed by atoms with E-state index < -0.39 is 4.92 Å². The summed E-state index contributed by atoms with van der Waals surface area (Å²) in [5, 5.41) is 29.7. The molecule has 104 valence electrons. The zero-order valence-electron chi connectivity index (χ0n) is 11.3. The first kappa shape index (κ1) is 14.3. The number of phenols is 1. The lowest BCUT2D eigenvalue weighted by Crippen LogP contribution is -1.92. The summed E-state index contributed by atoms with van der Waals surface area (Å²) in [6.07, 6.45) is 1.41. The predicted molar refractivity (Wildman–Crippen MR) is 79.4 cm³/mol. The third-order valence-electron chi connectivity index (χ3n) is 2.99. The third kappa shape index (κ3) is 3.25. The molecule has 0 aliphatic heterocycles. The number of phenolic OH excluding ortho intramolecular Hbond substituents is 1. The Morgan fingerprint density at radius 3 is 2.52 bits per heavy atom. The molecular formula is C16H12N2O3. The number of rotatable bonds is 3. The maximum Gasteiger partial charge on any atom is 0.276 e. The van der Waals surface area contributed by atoms with Crippen molar-refractivity contribution in [1.82, 2.24) is 0 Å². The number of nitro benzene ring substituents is 1. The number of aryl methyl sites for hydroxylation is 1. The molecule has 2 rings (SSSR count). The van der Waals surface area contributed by atoms with Gasteiger partial charge in [-0.25, -0.2) is 0 Å². The molecule has 0 aromatic heterocycles. The van der Waals surface area contributed by atoms with Crippen molar-refractivity contribution < 1.29 is 10.0 Å². The monoisotopic (exact) mass is 280 g/mol. The molecule has 0 fully saturated rings. The molecule has 0 aliphatic carbocycles. The lowest BCUT2D eigenvalue weighted by molar-refractivity contribution is -0.385. The molecule has 0 radical (unpaired) electrons. The van der Waals surface area contributed by atoms with Gasteiger partial charge in [0.05, 0.1) is 22.1 Å². The number of allylic oxidation sites excluding steroid dienone is 1. The van der Waals surface area contributed by atoms with Crippen molar-refractivity contribution in [3.05, 3.63) is 69.3 Å². The van der Waals surface area contributed by atoms with Gasteiger partial charge >= 0.3 is 0 Å². The van der Waals surface area contributed by atoms with Gasteiger partial charge < -0.3 is 5.11 Å². The highest BCUT2D eigenvalue weighted by Crippen LogP contribution is 2.27. The fourth-order valence-electron chi connectivity index (χ4n) is 1.89. The van der Waals surface area contributed by atoms with Crippen molar-refractivity contribution in [3.8, 4) is 11.8 Å². The molecule has 5 heteroatoms. The van der Waals surface area contributed by atoms with Crippen molar-refractivity contribution in [2.75, 3.05) is 0 Å². The van der Waals surface area contributed by atoms with Crippen LogP contribution in [-0.4, -0.2) is 10.0 Å². The zero-order chi connectivity index (χ0) is 15.4. The van der Waals surface area contributed by atoms with Gasteiger partial charge in [0, 0.05) is 6.07 Å². The van der Waals surface area contributed by atoms with Gasteiger partial charge in [-0.1, -0.05) is 29.8 Å². The molecule has 21 heavy (non-hydrogen) atoms. The largest absolute Gasteiger partial charge is 0.508 e. The van der Waals surface area contributed by atoms with Crippen LogP contribution in [0.5, 0.6) is 5.75 Å². The van der Waals surface area contributed by atoms with Crippen LogP contribution in [0.4, 0.5) is 5.69 Å². The molecule has 0 spiro atoms. The Labute approximate surface area is 121 Å². The standard InChI is InChI=1S/C16H12N2O3/c1-11-2-4-12(5-3-11)14(10-17)8-13-9-15(19)6-7-16(13)18(20)21/h2-9,19H,1H3/b14-8-. The Morgan fingerprint density at radius 1 is 1.29 bits per heavy atom. The summed E-state index contributed by atoms with van der Waals surface area (Å²) in [6, 6.07) is 13.0. The average molecular weight is 280 g/mol. The van der Waals surface area contributed by atoms with Crippen LogP contribution < -0.4 is 0 Å². The van der Waals surface area contributed by atoms with E-state index in [4.69, 9.17) is 0 Å². The van der Waals surface area contributed by atoms with Crippen molar-refractivity contribution in [3.63, 3.8) is 0 Å². The second-order valence-electron chi connectivity index (χ2n) is 4.54. The van der Waals surface area contributed by atoms with Crippen molar-refractivity contribution in [2.45, 2.75) is 6.92 Å². The number of hydrogen-bond acceptors (Lipinski definition) is 4. The minimum Gasteiger partial charge on any atom is -0.508 e. The molecule has 0 amide bonds. The van der Waals surface area contributed by atoms with E-state index in [1.54, 1.807) is 12.1 Å². The zero-order valence-corrected chi connectivity index (χ0v) is 11.3. The Kier molecular flexibility index (Phi) is 4.00. The summed E-state index contributed by atoms with van der Waals surface area (Å²) in [5.74, 6) is -0.0898. The van der Waals surface area contributed by atoms with Crippen molar-refractivity contribution in [2.24, 2.45) is 0 Å². The van der Waals surface area contributed by atoms with E-state index in [0.717, 1.165) is 5.56 Å². The molecule has 0 heterocycles. The minimum absolute atomic E-state index is 0.0898. The molecule has 0 saturated carbocycles. The van der Waals surface area contributed by atoms with Crippen molar-refractivity contribution in [1.29, 1.82) is 5.26 Å². The van der Waals surface area contributed by atoms with Gasteiger partial charge in [-0.2, -0.15) is 5.26 Å². The first-order valence-electron chi connectivity index (χ1n) is 6.17. The SMILES string of the molecule is Cc1ccc(/C(C#N)=C\c2cc(O)ccc2[N+](=O)[O-])cc1. The van der Waals surface area contributed by atoms with E-state index in [1.165, 1.54) is 24.3 Å². The van der Waals surface area contributed by atoms with E-state index in [1.807, 2.05) is 25.1 Å². The van der Waals surface area contributed by atoms with Crippen LogP contribution in [0.25, 0.3) is 11.6 Å². The Morgan fingerprint density at radius 2 is 1.95 bits per heavy atom. The second-order valence-corrected chi connectivity index (χ2v) is 4.54. The lowest BCUT2D eigenvalue weighted by Gasteiger charge is -2.02. The highest BCUT2D eigenvalue weighted by molar-refractivity contribution is 5.91. The summed E-state index contributed by atoms with van der Waals surface area (Å²) >= 11 is 0. The van der Waals surface area contributed by atoms with Gasteiger partial charge in [-0.05, 0) is 30.7 Å². The second kappa shape index (κ2) is 5.88. The quantitative estimate of drug-likeness (QED) is 0.402. The Balaban J connectivity index is 2.55. The van der Waals surface area contributed by atoms with E-state index in [-0.39, 0.29) is 17.0 Å². The number of nitrogens with zero attached hydrogens (tertiary/aromatic N) is 2. The number of hydrogen-bond donors (Lipinski definition) is 1. The summed E-state index contributed by atoms with van der Waals surface area (Å²) in [6.45, 7) is 1.93. The molecular weight excluding hydrogens is 268 g/mol. The smallest absolute Gasteiger partial charge is 0.276 e. The molecule has 2 aromatic carbocycles. The van der Waals surface area contributed by atoms with E-state index in [2.05, 4.69) is 0 Å². The minimum atomic E-state index is -0.546. The normalized spacial score (nSPS) is 11.0. The summed E-state index contributed by atoms with van der Waals surface area (Å²) < 4.78 is 0. The van der Waals surface area contributed by atoms with Gasteiger partial charge in [0.1, 0.15) is 5.75 Å². The first-order valence-corrected chi connectivity index (χ1v) is 6.17. The maximum atomic E-state index is 11.0. The van der Waals surface area contributed by atoms with Gasteiger partial charge in [-0.15, -0.1) is 0 Å². The van der Waals surface area contributed by atoms with Crippen LogP contribution in [0.2, 0.25) is 0 Å². The van der Waals surface area contributed by atoms with E-state index in [9.17, 15) is 20.5 Å². The van der Waals surface area contributed by atoms with Crippen LogP contribution in [0.1, 0.15) is 16.7 Å². The summed E-state index contributed by atoms with van der Waals surface area (Å²) in [5.41, 5.74) is 2.05. The predicted octanol–water partition coefficient (Wildman–Crippen LogP) is 3.67. The highest BCUT2D eigenvalue weighted by atomic mass is 16.6. The van der Waals surface area contributed by atoms with Crippen LogP contribution >= 0.6 is 0 Å². The first-order chi connectivity index (χ1) is 10.0. The molecule has 0 unspecified atom stereocenters. The van der Waals surface area contributed by atoms with Crippen LogP contribution in [0, 0.1) is 28.4 Å². The molecule has 2 aromatic rings. The summed E-state index contributed by atoms with van der Waals surface area (Å²) in [7, 11) is 0. The summed E-state index contributed by atoms with van der Waals surface area (Å²) in [4.78, 5) is 10.4. The van der Waals surface area contributed by atoms with Gasteiger partial charge in [0.15, 0.2) is 0 Å². The lowest BCUT2D eigenvalue weighted by atomic mass is 10.0. The number of nitriles is 1. The van der Waals surface area contributed by atoms with Gasteiger partial charge in [-0.3, -0.25) is 10.1 Å². The fraction of sp³-hybridized carbons (Fsp3) is 0.0625. The molecule has 0 saturated heterocycles. The van der Waals surface area contributed by atoms with Crippen LogP contribution in [0.15, 0.2) is 42.5 Å². The average Bonchev–Trinajstić information content (AvgIpc) is 2.45. The number of benzene rings is 2. The van der Waals surface area contributed by atoms with E-state index in [0.29, 0.717) is 11.1 Å². The molecule has 1 N–H and O–H groups in total. The van der Waals surface area contributed by atoms with E-state index >= 15 is 0 Å².